The van der Waals surface area contributed by atoms with E-state index in [9.17, 15) is 9.18 Å². The third kappa shape index (κ3) is 3.39. The predicted octanol–water partition coefficient (Wildman–Crippen LogP) is 5.98. The first kappa shape index (κ1) is 18.3. The van der Waals surface area contributed by atoms with Gasteiger partial charge in [-0.1, -0.05) is 48.0 Å². The SMILES string of the molecule is Cc1c(OCc2c(F)cccc2Cl)ccc2c1O/C(=C\c1ccccc1)C2=O. The molecule has 3 aromatic carbocycles. The molecular weight excluding hydrogens is 379 g/mol. The Balaban J connectivity index is 1.60. The van der Waals surface area contributed by atoms with Crippen molar-refractivity contribution < 1.29 is 18.7 Å². The molecule has 1 aliphatic heterocycles. The quantitative estimate of drug-likeness (QED) is 0.510. The predicted molar refractivity (Wildman–Crippen MR) is 106 cm³/mol. The molecule has 0 aliphatic carbocycles. The summed E-state index contributed by atoms with van der Waals surface area (Å²) in [5.74, 6) is 0.631. The largest absolute Gasteiger partial charge is 0.488 e. The second-order valence-corrected chi connectivity index (χ2v) is 6.81. The van der Waals surface area contributed by atoms with Crippen LogP contribution >= 0.6 is 11.6 Å². The molecule has 5 heteroatoms. The van der Waals surface area contributed by atoms with Crippen LogP contribution in [0, 0.1) is 12.7 Å². The van der Waals surface area contributed by atoms with Gasteiger partial charge in [-0.05, 0) is 42.8 Å². The smallest absolute Gasteiger partial charge is 0.231 e. The van der Waals surface area contributed by atoms with Gasteiger partial charge < -0.3 is 9.47 Å². The first-order valence-electron chi connectivity index (χ1n) is 8.73. The van der Waals surface area contributed by atoms with Crippen molar-refractivity contribution in [3.8, 4) is 11.5 Å². The second-order valence-electron chi connectivity index (χ2n) is 6.40. The van der Waals surface area contributed by atoms with E-state index in [4.69, 9.17) is 21.1 Å². The summed E-state index contributed by atoms with van der Waals surface area (Å²) in [4.78, 5) is 12.6. The summed E-state index contributed by atoms with van der Waals surface area (Å²) in [5.41, 5.74) is 2.32. The van der Waals surface area contributed by atoms with Gasteiger partial charge in [0.1, 0.15) is 23.9 Å². The summed E-state index contributed by atoms with van der Waals surface area (Å²) in [7, 11) is 0. The highest BCUT2D eigenvalue weighted by molar-refractivity contribution is 6.31. The fourth-order valence-electron chi connectivity index (χ4n) is 3.05. The van der Waals surface area contributed by atoms with Crippen LogP contribution in [0.15, 0.2) is 66.4 Å². The number of benzene rings is 3. The van der Waals surface area contributed by atoms with Crippen molar-refractivity contribution in [1.29, 1.82) is 0 Å². The lowest BCUT2D eigenvalue weighted by Crippen LogP contribution is -2.01. The van der Waals surface area contributed by atoms with E-state index in [0.717, 1.165) is 5.56 Å². The molecule has 0 radical (unpaired) electrons. The van der Waals surface area contributed by atoms with E-state index < -0.39 is 5.82 Å². The maximum Gasteiger partial charge on any atom is 0.231 e. The van der Waals surface area contributed by atoms with Crippen LogP contribution in [-0.2, 0) is 6.61 Å². The third-order valence-electron chi connectivity index (χ3n) is 4.57. The van der Waals surface area contributed by atoms with Gasteiger partial charge in [0, 0.05) is 11.1 Å². The Hall–Kier alpha value is -3.11. The number of carbonyl (C=O) groups is 1. The zero-order valence-electron chi connectivity index (χ0n) is 15.0. The maximum atomic E-state index is 13.9. The van der Waals surface area contributed by atoms with Crippen molar-refractivity contribution in [2.75, 3.05) is 0 Å². The van der Waals surface area contributed by atoms with Crippen molar-refractivity contribution in [1.82, 2.24) is 0 Å². The van der Waals surface area contributed by atoms with Gasteiger partial charge in [-0.3, -0.25) is 4.79 Å². The number of halogens is 2. The first-order valence-corrected chi connectivity index (χ1v) is 9.11. The topological polar surface area (TPSA) is 35.5 Å². The number of rotatable bonds is 4. The molecular formula is C23H16ClFO3. The van der Waals surface area contributed by atoms with Crippen molar-refractivity contribution in [3.63, 3.8) is 0 Å². The molecule has 0 saturated carbocycles. The summed E-state index contributed by atoms with van der Waals surface area (Å²) >= 11 is 6.05. The summed E-state index contributed by atoms with van der Waals surface area (Å²) in [6, 6.07) is 17.3. The summed E-state index contributed by atoms with van der Waals surface area (Å²) in [6.45, 7) is 1.78. The number of ketones is 1. The molecule has 3 nitrogen and oxygen atoms in total. The minimum atomic E-state index is -0.425. The Bertz CT molecular complexity index is 1070. The molecule has 0 unspecified atom stereocenters. The molecule has 0 aromatic heterocycles. The Morgan fingerprint density at radius 2 is 1.86 bits per heavy atom. The minimum Gasteiger partial charge on any atom is -0.488 e. The molecule has 140 valence electrons. The van der Waals surface area contributed by atoms with Crippen LogP contribution in [0.25, 0.3) is 6.08 Å². The molecule has 0 spiro atoms. The fourth-order valence-corrected chi connectivity index (χ4v) is 3.26. The molecule has 28 heavy (non-hydrogen) atoms. The Morgan fingerprint density at radius 3 is 2.61 bits per heavy atom. The number of hydrogen-bond acceptors (Lipinski definition) is 3. The van der Waals surface area contributed by atoms with E-state index in [2.05, 4.69) is 0 Å². The van der Waals surface area contributed by atoms with E-state index in [-0.39, 0.29) is 23.7 Å². The van der Waals surface area contributed by atoms with Crippen LogP contribution < -0.4 is 9.47 Å². The molecule has 4 rings (SSSR count). The van der Waals surface area contributed by atoms with Crippen molar-refractivity contribution in [2.45, 2.75) is 13.5 Å². The van der Waals surface area contributed by atoms with Crippen LogP contribution in [0.2, 0.25) is 5.02 Å². The van der Waals surface area contributed by atoms with Gasteiger partial charge in [-0.25, -0.2) is 4.39 Å². The highest BCUT2D eigenvalue weighted by atomic mass is 35.5. The van der Waals surface area contributed by atoms with E-state index in [0.29, 0.717) is 27.6 Å². The normalized spacial score (nSPS) is 14.1. The minimum absolute atomic E-state index is 0.0220. The van der Waals surface area contributed by atoms with E-state index in [1.807, 2.05) is 30.3 Å². The standard InChI is InChI=1S/C23H16ClFO3/c1-14-20(27-13-17-18(24)8-5-9-19(17)25)11-10-16-22(26)21(28-23(14)16)12-15-6-3-2-4-7-15/h2-12H,13H2,1H3/b21-12-. The fraction of sp³-hybridized carbons (Fsp3) is 0.0870. The van der Waals surface area contributed by atoms with E-state index in [1.54, 1.807) is 37.3 Å². The average molecular weight is 395 g/mol. The van der Waals surface area contributed by atoms with Gasteiger partial charge in [-0.15, -0.1) is 0 Å². The van der Waals surface area contributed by atoms with Gasteiger partial charge in [0.05, 0.1) is 10.6 Å². The van der Waals surface area contributed by atoms with E-state index >= 15 is 0 Å². The van der Waals surface area contributed by atoms with Crippen molar-refractivity contribution in [2.24, 2.45) is 0 Å². The lowest BCUT2D eigenvalue weighted by Gasteiger charge is -2.12. The molecule has 0 bridgehead atoms. The van der Waals surface area contributed by atoms with Crippen LogP contribution in [-0.4, -0.2) is 5.78 Å². The molecule has 0 amide bonds. The third-order valence-corrected chi connectivity index (χ3v) is 4.92. The molecule has 0 fully saturated rings. The maximum absolute atomic E-state index is 13.9. The van der Waals surface area contributed by atoms with Crippen LogP contribution in [0.5, 0.6) is 11.5 Å². The summed E-state index contributed by atoms with van der Waals surface area (Å²) in [5, 5.41) is 0.304. The highest BCUT2D eigenvalue weighted by Crippen LogP contribution is 2.39. The number of Topliss-reactive ketones (excluding diaryl/α,β-unsaturated/α-hetero) is 1. The van der Waals surface area contributed by atoms with Crippen molar-refractivity contribution in [3.05, 3.63) is 99.5 Å². The number of hydrogen-bond donors (Lipinski definition) is 0. The van der Waals surface area contributed by atoms with Gasteiger partial charge >= 0.3 is 0 Å². The zero-order chi connectivity index (χ0) is 19.7. The Morgan fingerprint density at radius 1 is 1.07 bits per heavy atom. The Kier molecular flexibility index (Phi) is 4.88. The lowest BCUT2D eigenvalue weighted by atomic mass is 10.1. The van der Waals surface area contributed by atoms with E-state index in [1.165, 1.54) is 6.07 Å². The van der Waals surface area contributed by atoms with Gasteiger partial charge in [-0.2, -0.15) is 0 Å². The van der Waals surface area contributed by atoms with Gasteiger partial charge in [0.15, 0.2) is 5.76 Å². The molecule has 3 aromatic rings. The van der Waals surface area contributed by atoms with Crippen molar-refractivity contribution >= 4 is 23.5 Å². The number of allylic oxidation sites excluding steroid dienone is 1. The Labute approximate surface area is 167 Å². The summed E-state index contributed by atoms with van der Waals surface area (Å²) in [6.07, 6.45) is 1.71. The summed E-state index contributed by atoms with van der Waals surface area (Å²) < 4.78 is 25.5. The number of fused-ring (bicyclic) bond motifs is 1. The second kappa shape index (κ2) is 7.49. The molecule has 1 aliphatic rings. The van der Waals surface area contributed by atoms with Crippen LogP contribution in [0.3, 0.4) is 0 Å². The monoisotopic (exact) mass is 394 g/mol. The lowest BCUT2D eigenvalue weighted by molar-refractivity contribution is 0.101. The van der Waals surface area contributed by atoms with Crippen LogP contribution in [0.1, 0.15) is 27.0 Å². The zero-order valence-corrected chi connectivity index (χ0v) is 15.8. The number of ether oxygens (including phenoxy) is 2. The molecule has 1 heterocycles. The highest BCUT2D eigenvalue weighted by Gasteiger charge is 2.30. The molecule has 0 N–H and O–H groups in total. The van der Waals surface area contributed by atoms with Crippen LogP contribution in [0.4, 0.5) is 4.39 Å². The molecule has 0 atom stereocenters. The molecule has 0 saturated heterocycles. The first-order chi connectivity index (χ1) is 13.5. The average Bonchev–Trinajstić information content (AvgIpc) is 3.00. The van der Waals surface area contributed by atoms with Gasteiger partial charge in [0.25, 0.3) is 0 Å². The number of carbonyl (C=O) groups excluding carboxylic acids is 1. The van der Waals surface area contributed by atoms with Gasteiger partial charge in [0.2, 0.25) is 5.78 Å².